The Morgan fingerprint density at radius 2 is 1.79 bits per heavy atom. The van der Waals surface area contributed by atoms with Gasteiger partial charge in [0.25, 0.3) is 5.56 Å². The number of fused-ring (bicyclic) bond motifs is 1. The van der Waals surface area contributed by atoms with Gasteiger partial charge in [-0.25, -0.2) is 4.79 Å². The number of hydrogen-bond acceptors (Lipinski definition) is 4. The standard InChI is InChI=1S/C26H26ClN3O3S/c1-17-3-4-18(2)20(15-17)16-30-22-11-14-34-24(22)25(32)29(26(30)33)13-10-23(31)28-12-9-19-5-7-21(27)8-6-19/h3-8,11,14-15H,9-10,12-13,16H2,1-2H3,(H,28,31). The van der Waals surface area contributed by atoms with Gasteiger partial charge in [-0.15, -0.1) is 11.3 Å². The van der Waals surface area contributed by atoms with E-state index in [1.807, 2.05) is 61.7 Å². The molecule has 1 N–H and O–H groups in total. The second-order valence-electron chi connectivity index (χ2n) is 8.37. The third kappa shape index (κ3) is 5.32. The van der Waals surface area contributed by atoms with Crippen molar-refractivity contribution in [2.24, 2.45) is 0 Å². The number of aryl methyl sites for hydroxylation is 2. The van der Waals surface area contributed by atoms with Gasteiger partial charge in [0.2, 0.25) is 5.91 Å². The van der Waals surface area contributed by atoms with Crippen molar-refractivity contribution in [3.63, 3.8) is 0 Å². The second-order valence-corrected chi connectivity index (χ2v) is 9.72. The molecule has 1 amide bonds. The molecular formula is C26H26ClN3O3S. The van der Waals surface area contributed by atoms with E-state index in [9.17, 15) is 14.4 Å². The smallest absolute Gasteiger partial charge is 0.331 e. The van der Waals surface area contributed by atoms with E-state index in [1.165, 1.54) is 15.9 Å². The Morgan fingerprint density at radius 1 is 1.03 bits per heavy atom. The van der Waals surface area contributed by atoms with E-state index < -0.39 is 5.69 Å². The molecule has 0 radical (unpaired) electrons. The van der Waals surface area contributed by atoms with Crippen LogP contribution < -0.4 is 16.6 Å². The van der Waals surface area contributed by atoms with Gasteiger partial charge in [-0.3, -0.25) is 18.7 Å². The Labute approximate surface area is 206 Å². The number of nitrogens with one attached hydrogen (secondary N) is 1. The van der Waals surface area contributed by atoms with Crippen LogP contribution in [-0.4, -0.2) is 21.6 Å². The number of rotatable bonds is 8. The highest BCUT2D eigenvalue weighted by atomic mass is 35.5. The average Bonchev–Trinajstić information content (AvgIpc) is 3.30. The lowest BCUT2D eigenvalue weighted by atomic mass is 10.1. The first-order valence-corrected chi connectivity index (χ1v) is 12.4. The fourth-order valence-electron chi connectivity index (χ4n) is 3.92. The lowest BCUT2D eigenvalue weighted by Crippen LogP contribution is -2.41. The molecule has 176 valence electrons. The largest absolute Gasteiger partial charge is 0.356 e. The monoisotopic (exact) mass is 495 g/mol. The predicted molar refractivity (Wildman–Crippen MR) is 138 cm³/mol. The number of carbonyl (C=O) groups excluding carboxylic acids is 1. The Balaban J connectivity index is 1.50. The van der Waals surface area contributed by atoms with Crippen LogP contribution in [0, 0.1) is 13.8 Å². The van der Waals surface area contributed by atoms with Gasteiger partial charge in [0.1, 0.15) is 4.70 Å². The van der Waals surface area contributed by atoms with Gasteiger partial charge < -0.3 is 5.32 Å². The molecule has 6 nitrogen and oxygen atoms in total. The summed E-state index contributed by atoms with van der Waals surface area (Å²) in [6.07, 6.45) is 0.725. The third-order valence-electron chi connectivity index (χ3n) is 5.88. The lowest BCUT2D eigenvalue weighted by molar-refractivity contribution is -0.121. The molecule has 0 atom stereocenters. The molecular weight excluding hydrogens is 470 g/mol. The minimum absolute atomic E-state index is 0.0328. The topological polar surface area (TPSA) is 73.1 Å². The Hall–Kier alpha value is -3.16. The molecule has 4 aromatic rings. The van der Waals surface area contributed by atoms with Crippen LogP contribution in [0.1, 0.15) is 28.7 Å². The maximum absolute atomic E-state index is 13.3. The predicted octanol–water partition coefficient (Wildman–Crippen LogP) is 4.29. The van der Waals surface area contributed by atoms with Crippen LogP contribution in [0.25, 0.3) is 10.2 Å². The number of thiophene rings is 1. The number of benzene rings is 2. The minimum Gasteiger partial charge on any atom is -0.356 e. The van der Waals surface area contributed by atoms with E-state index in [0.717, 1.165) is 22.3 Å². The first-order valence-electron chi connectivity index (χ1n) is 11.1. The maximum Gasteiger partial charge on any atom is 0.331 e. The summed E-state index contributed by atoms with van der Waals surface area (Å²) >= 11 is 7.21. The Bertz CT molecular complexity index is 1450. The number of halogens is 1. The van der Waals surface area contributed by atoms with Crippen LogP contribution >= 0.6 is 22.9 Å². The minimum atomic E-state index is -0.397. The van der Waals surface area contributed by atoms with Gasteiger partial charge in [0.05, 0.1) is 12.1 Å². The number of nitrogens with zero attached hydrogens (tertiary/aromatic N) is 2. The van der Waals surface area contributed by atoms with Crippen molar-refractivity contribution in [1.29, 1.82) is 0 Å². The number of aromatic nitrogens is 2. The van der Waals surface area contributed by atoms with Crippen LogP contribution in [0.5, 0.6) is 0 Å². The van der Waals surface area contributed by atoms with E-state index >= 15 is 0 Å². The van der Waals surface area contributed by atoms with Gasteiger partial charge in [-0.05, 0) is 60.5 Å². The summed E-state index contributed by atoms with van der Waals surface area (Å²) in [5, 5.41) is 5.35. The molecule has 2 aromatic carbocycles. The first kappa shape index (κ1) is 24.0. The highest BCUT2D eigenvalue weighted by Gasteiger charge is 2.16. The molecule has 0 aliphatic rings. The van der Waals surface area contributed by atoms with Crippen molar-refractivity contribution in [2.45, 2.75) is 39.8 Å². The summed E-state index contributed by atoms with van der Waals surface area (Å²) in [5.41, 5.74) is 4.17. The molecule has 8 heteroatoms. The molecule has 0 saturated heterocycles. The van der Waals surface area contributed by atoms with Crippen molar-refractivity contribution < 1.29 is 4.79 Å². The first-order chi connectivity index (χ1) is 16.3. The summed E-state index contributed by atoms with van der Waals surface area (Å²) in [4.78, 5) is 38.7. The molecule has 0 bridgehead atoms. The zero-order chi connectivity index (χ0) is 24.2. The number of amides is 1. The lowest BCUT2D eigenvalue weighted by Gasteiger charge is -2.14. The van der Waals surface area contributed by atoms with Gasteiger partial charge in [0.15, 0.2) is 0 Å². The molecule has 2 aromatic heterocycles. The van der Waals surface area contributed by atoms with Crippen LogP contribution in [0.15, 0.2) is 63.5 Å². The zero-order valence-corrected chi connectivity index (χ0v) is 20.7. The summed E-state index contributed by atoms with van der Waals surface area (Å²) in [5.74, 6) is -0.201. The van der Waals surface area contributed by atoms with Crippen LogP contribution in [-0.2, 0) is 24.3 Å². The molecule has 0 saturated carbocycles. The molecule has 0 fully saturated rings. The summed E-state index contributed by atoms with van der Waals surface area (Å²) in [7, 11) is 0. The van der Waals surface area contributed by atoms with Gasteiger partial charge in [0, 0.05) is 24.5 Å². The summed E-state index contributed by atoms with van der Waals surface area (Å²) in [6, 6.07) is 15.4. The van der Waals surface area contributed by atoms with Crippen molar-refractivity contribution in [2.75, 3.05) is 6.54 Å². The fraction of sp³-hybridized carbons (Fsp3) is 0.269. The van der Waals surface area contributed by atoms with E-state index in [4.69, 9.17) is 11.6 Å². The fourth-order valence-corrected chi connectivity index (χ4v) is 4.89. The summed E-state index contributed by atoms with van der Waals surface area (Å²) in [6.45, 7) is 4.89. The van der Waals surface area contributed by atoms with E-state index in [2.05, 4.69) is 11.4 Å². The Morgan fingerprint density at radius 3 is 2.56 bits per heavy atom. The average molecular weight is 496 g/mol. The quantitative estimate of drug-likeness (QED) is 0.396. The molecule has 2 heterocycles. The van der Waals surface area contributed by atoms with Crippen molar-refractivity contribution in [1.82, 2.24) is 14.5 Å². The number of hydrogen-bond donors (Lipinski definition) is 1. The zero-order valence-electron chi connectivity index (χ0n) is 19.1. The van der Waals surface area contributed by atoms with Crippen molar-refractivity contribution >= 4 is 39.1 Å². The van der Waals surface area contributed by atoms with E-state index in [-0.39, 0.29) is 24.4 Å². The van der Waals surface area contributed by atoms with Gasteiger partial charge >= 0.3 is 5.69 Å². The molecule has 0 aliphatic carbocycles. The Kier molecular flexibility index (Phi) is 7.34. The highest BCUT2D eigenvalue weighted by molar-refractivity contribution is 7.17. The van der Waals surface area contributed by atoms with Crippen LogP contribution in [0.3, 0.4) is 0 Å². The normalized spacial score (nSPS) is 11.1. The van der Waals surface area contributed by atoms with Crippen LogP contribution in [0.2, 0.25) is 5.02 Å². The van der Waals surface area contributed by atoms with Gasteiger partial charge in [-0.1, -0.05) is 47.5 Å². The SMILES string of the molecule is Cc1ccc(C)c(Cn2c(=O)n(CCC(=O)NCCc3ccc(Cl)cc3)c(=O)c3sccc32)c1. The molecule has 0 aliphatic heterocycles. The molecule has 0 spiro atoms. The maximum atomic E-state index is 13.3. The van der Waals surface area contributed by atoms with Crippen molar-refractivity contribution in [3.8, 4) is 0 Å². The van der Waals surface area contributed by atoms with Gasteiger partial charge in [-0.2, -0.15) is 0 Å². The second kappa shape index (κ2) is 10.4. The third-order valence-corrected chi connectivity index (χ3v) is 7.02. The highest BCUT2D eigenvalue weighted by Crippen LogP contribution is 2.18. The molecule has 0 unspecified atom stereocenters. The number of carbonyl (C=O) groups is 1. The molecule has 34 heavy (non-hydrogen) atoms. The van der Waals surface area contributed by atoms with Crippen LogP contribution in [0.4, 0.5) is 0 Å². The summed E-state index contributed by atoms with van der Waals surface area (Å²) < 4.78 is 3.34. The van der Waals surface area contributed by atoms with E-state index in [1.54, 1.807) is 4.57 Å². The molecule has 4 rings (SSSR count). The van der Waals surface area contributed by atoms with E-state index in [0.29, 0.717) is 34.7 Å². The van der Waals surface area contributed by atoms with Crippen molar-refractivity contribution in [3.05, 3.63) is 102 Å².